The predicted octanol–water partition coefficient (Wildman–Crippen LogP) is 14.5. The number of para-hydroxylation sites is 1. The molecule has 1 atom stereocenters. The molecule has 0 heterocycles. The zero-order valence-corrected chi connectivity index (χ0v) is 32.4. The van der Waals surface area contributed by atoms with Gasteiger partial charge in [0.25, 0.3) is 0 Å². The lowest BCUT2D eigenvalue weighted by Crippen LogP contribution is -2.28. The Kier molecular flexibility index (Phi) is 7.91. The van der Waals surface area contributed by atoms with Gasteiger partial charge in [0.1, 0.15) is 0 Å². The van der Waals surface area contributed by atoms with E-state index in [1.165, 1.54) is 72.3 Å². The number of rotatable bonds is 7. The van der Waals surface area contributed by atoms with Crippen LogP contribution in [0.5, 0.6) is 0 Å². The number of hydrogen-bond donors (Lipinski definition) is 0. The maximum absolute atomic E-state index is 2.47. The van der Waals surface area contributed by atoms with Crippen LogP contribution in [0.1, 0.15) is 45.9 Å². The molecule has 0 saturated carbocycles. The van der Waals surface area contributed by atoms with Crippen molar-refractivity contribution in [3.63, 3.8) is 0 Å². The minimum atomic E-state index is -0.494. The number of fused-ring (bicyclic) bond motifs is 6. The molecule has 1 unspecified atom stereocenters. The minimum Gasteiger partial charge on any atom is -0.310 e. The average Bonchev–Trinajstić information content (AvgIpc) is 3.75. The van der Waals surface area contributed by atoms with Gasteiger partial charge in [-0.25, -0.2) is 0 Å². The third kappa shape index (κ3) is 4.96. The van der Waals surface area contributed by atoms with Crippen LogP contribution in [-0.2, 0) is 10.8 Å². The van der Waals surface area contributed by atoms with Gasteiger partial charge in [-0.15, -0.1) is 0 Å². The molecule has 0 aliphatic heterocycles. The summed E-state index contributed by atoms with van der Waals surface area (Å²) in [5.41, 5.74) is 19.2. The van der Waals surface area contributed by atoms with Crippen LogP contribution in [0.4, 0.5) is 17.1 Å². The van der Waals surface area contributed by atoms with Crippen molar-refractivity contribution in [2.24, 2.45) is 0 Å². The summed E-state index contributed by atoms with van der Waals surface area (Å²) >= 11 is 0. The maximum Gasteiger partial charge on any atom is 0.0714 e. The summed E-state index contributed by atoms with van der Waals surface area (Å²) in [4.78, 5) is 2.46. The van der Waals surface area contributed by atoms with Crippen LogP contribution in [0.3, 0.4) is 0 Å². The van der Waals surface area contributed by atoms with Gasteiger partial charge >= 0.3 is 0 Å². The molecule has 0 aromatic heterocycles. The number of nitrogens with zero attached hydrogens (tertiary/aromatic N) is 1. The second-order valence-electron chi connectivity index (χ2n) is 15.7. The van der Waals surface area contributed by atoms with E-state index in [4.69, 9.17) is 0 Å². The monoisotopic (exact) mass is 739 g/mol. The Morgan fingerprint density at radius 3 is 1.41 bits per heavy atom. The quantitative estimate of drug-likeness (QED) is 0.157. The van der Waals surface area contributed by atoms with Gasteiger partial charge < -0.3 is 4.90 Å². The van der Waals surface area contributed by atoms with Gasteiger partial charge in [0, 0.05) is 22.5 Å². The van der Waals surface area contributed by atoms with Crippen molar-refractivity contribution < 1.29 is 0 Å². The van der Waals surface area contributed by atoms with E-state index in [9.17, 15) is 0 Å². The van der Waals surface area contributed by atoms with E-state index in [0.29, 0.717) is 0 Å². The normalized spacial score (nSPS) is 15.5. The Balaban J connectivity index is 1.16. The van der Waals surface area contributed by atoms with E-state index >= 15 is 0 Å². The summed E-state index contributed by atoms with van der Waals surface area (Å²) in [6, 6.07) is 85.1. The van der Waals surface area contributed by atoms with E-state index < -0.39 is 5.41 Å². The Morgan fingerprint density at radius 2 is 0.776 bits per heavy atom. The molecule has 0 amide bonds. The van der Waals surface area contributed by atoms with Crippen molar-refractivity contribution in [3.8, 4) is 33.4 Å². The first-order valence-corrected chi connectivity index (χ1v) is 20.3. The molecule has 0 saturated heterocycles. The van der Waals surface area contributed by atoms with E-state index in [1.807, 2.05) is 0 Å². The van der Waals surface area contributed by atoms with Crippen LogP contribution in [0.15, 0.2) is 231 Å². The van der Waals surface area contributed by atoms with Crippen molar-refractivity contribution in [2.75, 3.05) is 4.90 Å². The molecule has 2 aliphatic rings. The first kappa shape index (κ1) is 34.1. The summed E-state index contributed by atoms with van der Waals surface area (Å²) in [5, 5.41) is 0. The van der Waals surface area contributed by atoms with Gasteiger partial charge in [0.15, 0.2) is 0 Å². The van der Waals surface area contributed by atoms with Gasteiger partial charge in [-0.2, -0.15) is 0 Å². The fourth-order valence-corrected chi connectivity index (χ4v) is 10.2. The van der Waals surface area contributed by atoms with E-state index in [0.717, 1.165) is 17.1 Å². The Hall–Kier alpha value is -7.22. The summed E-state index contributed by atoms with van der Waals surface area (Å²) in [6.45, 7) is 2.42. The first-order valence-electron chi connectivity index (χ1n) is 20.3. The topological polar surface area (TPSA) is 3.24 Å². The molecular formula is C57H41N. The number of anilines is 3. The second kappa shape index (κ2) is 13.5. The third-order valence-corrected chi connectivity index (χ3v) is 12.8. The van der Waals surface area contributed by atoms with Gasteiger partial charge in [-0.1, -0.05) is 194 Å². The summed E-state index contributed by atoms with van der Waals surface area (Å²) in [5.74, 6) is 0. The molecule has 58 heavy (non-hydrogen) atoms. The molecule has 9 aromatic rings. The van der Waals surface area contributed by atoms with Crippen LogP contribution in [0, 0.1) is 0 Å². The number of benzene rings is 9. The SMILES string of the molecule is CC1(c2ccccc2)c2cc(N(c3ccccc3)c3ccc4c(c3)C(c3ccccc3)(c3ccccc3)c3ccccc3-4)ccc2-c2c(-c3ccccc3)cccc21. The molecule has 274 valence electrons. The molecule has 9 aromatic carbocycles. The van der Waals surface area contributed by atoms with E-state index in [-0.39, 0.29) is 5.41 Å². The van der Waals surface area contributed by atoms with E-state index in [2.05, 4.69) is 242 Å². The Morgan fingerprint density at radius 1 is 0.310 bits per heavy atom. The van der Waals surface area contributed by atoms with Crippen LogP contribution in [0.25, 0.3) is 33.4 Å². The molecular weight excluding hydrogens is 699 g/mol. The largest absolute Gasteiger partial charge is 0.310 e. The molecule has 0 fully saturated rings. The third-order valence-electron chi connectivity index (χ3n) is 12.8. The smallest absolute Gasteiger partial charge is 0.0714 e. The van der Waals surface area contributed by atoms with Gasteiger partial charge in [-0.05, 0) is 116 Å². The molecule has 11 rings (SSSR count). The molecule has 0 spiro atoms. The predicted molar refractivity (Wildman–Crippen MR) is 241 cm³/mol. The lowest BCUT2D eigenvalue weighted by molar-refractivity contribution is 0.714. The van der Waals surface area contributed by atoms with Crippen LogP contribution in [0.2, 0.25) is 0 Å². The minimum absolute atomic E-state index is 0.371. The standard InChI is InChI=1S/C57H41N/c1-56(41-22-9-3-10-23-41)52-33-19-31-47(40-20-7-2-8-21-40)55(52)50-37-35-45(38-53(50)56)58(44-28-15-6-16-29-44)46-34-36-49-48-30-17-18-32-51(48)57(54(49)39-46,42-24-11-4-12-25-42)43-26-13-5-14-27-43/h2-39H,1H3. The lowest BCUT2D eigenvalue weighted by atomic mass is 9.67. The van der Waals surface area contributed by atoms with Crippen LogP contribution >= 0.6 is 0 Å². The van der Waals surface area contributed by atoms with E-state index in [1.54, 1.807) is 0 Å². The molecule has 0 radical (unpaired) electrons. The number of hydrogen-bond acceptors (Lipinski definition) is 1. The molecule has 1 heteroatoms. The maximum atomic E-state index is 2.47. The lowest BCUT2D eigenvalue weighted by Gasteiger charge is -2.35. The van der Waals surface area contributed by atoms with Crippen molar-refractivity contribution in [1.82, 2.24) is 0 Å². The van der Waals surface area contributed by atoms with Crippen LogP contribution in [-0.4, -0.2) is 0 Å². The van der Waals surface area contributed by atoms with Crippen molar-refractivity contribution in [3.05, 3.63) is 269 Å². The second-order valence-corrected chi connectivity index (χ2v) is 15.7. The zero-order chi connectivity index (χ0) is 38.7. The van der Waals surface area contributed by atoms with Crippen molar-refractivity contribution >= 4 is 17.1 Å². The summed E-state index contributed by atoms with van der Waals surface area (Å²) in [7, 11) is 0. The summed E-state index contributed by atoms with van der Waals surface area (Å²) in [6.07, 6.45) is 0. The summed E-state index contributed by atoms with van der Waals surface area (Å²) < 4.78 is 0. The highest BCUT2D eigenvalue weighted by molar-refractivity contribution is 5.96. The Labute approximate surface area is 341 Å². The zero-order valence-electron chi connectivity index (χ0n) is 32.4. The highest BCUT2D eigenvalue weighted by Crippen LogP contribution is 2.59. The van der Waals surface area contributed by atoms with Gasteiger partial charge in [0.05, 0.1) is 5.41 Å². The highest BCUT2D eigenvalue weighted by Gasteiger charge is 2.47. The van der Waals surface area contributed by atoms with Crippen molar-refractivity contribution in [2.45, 2.75) is 17.8 Å². The molecule has 2 aliphatic carbocycles. The van der Waals surface area contributed by atoms with Crippen molar-refractivity contribution in [1.29, 1.82) is 0 Å². The fraction of sp³-hybridized carbons (Fsp3) is 0.0526. The molecule has 0 N–H and O–H groups in total. The first-order chi connectivity index (χ1) is 28.7. The van der Waals surface area contributed by atoms with Gasteiger partial charge in [0.2, 0.25) is 0 Å². The highest BCUT2D eigenvalue weighted by atomic mass is 15.1. The van der Waals surface area contributed by atoms with Gasteiger partial charge in [-0.3, -0.25) is 0 Å². The fourth-order valence-electron chi connectivity index (χ4n) is 10.2. The molecule has 0 bridgehead atoms. The molecule has 1 nitrogen and oxygen atoms in total. The van der Waals surface area contributed by atoms with Crippen LogP contribution < -0.4 is 4.90 Å². The average molecular weight is 740 g/mol. The Bertz CT molecular complexity index is 2900.